The van der Waals surface area contributed by atoms with Crippen LogP contribution >= 0.6 is 23.2 Å². The van der Waals surface area contributed by atoms with E-state index in [9.17, 15) is 4.79 Å². The van der Waals surface area contributed by atoms with Gasteiger partial charge in [-0.3, -0.25) is 4.79 Å². The van der Waals surface area contributed by atoms with Crippen LogP contribution in [0.5, 0.6) is 0 Å². The molecular formula is C14H12Cl2N2O. The first-order chi connectivity index (χ1) is 9.08. The van der Waals surface area contributed by atoms with Gasteiger partial charge in [-0.2, -0.15) is 0 Å². The summed E-state index contributed by atoms with van der Waals surface area (Å²) in [6, 6.07) is 10.6. The van der Waals surface area contributed by atoms with Crippen molar-refractivity contribution in [2.75, 3.05) is 5.32 Å². The first-order valence-electron chi connectivity index (χ1n) is 5.74. The van der Waals surface area contributed by atoms with Gasteiger partial charge in [0.05, 0.1) is 10.4 Å². The summed E-state index contributed by atoms with van der Waals surface area (Å²) in [7, 11) is 0. The van der Waals surface area contributed by atoms with Crippen LogP contribution in [0.1, 0.15) is 28.4 Å². The second-order valence-corrected chi connectivity index (χ2v) is 5.11. The van der Waals surface area contributed by atoms with Gasteiger partial charge in [-0.15, -0.1) is 11.6 Å². The monoisotopic (exact) mass is 294 g/mol. The van der Waals surface area contributed by atoms with Crippen LogP contribution in [-0.4, -0.2) is 10.9 Å². The fourth-order valence-electron chi connectivity index (χ4n) is 1.65. The van der Waals surface area contributed by atoms with Crippen molar-refractivity contribution in [3.8, 4) is 0 Å². The molecule has 1 amide bonds. The lowest BCUT2D eigenvalue weighted by molar-refractivity contribution is 0.102. The van der Waals surface area contributed by atoms with Crippen molar-refractivity contribution < 1.29 is 4.79 Å². The number of benzene rings is 1. The number of pyridine rings is 1. The number of amides is 1. The minimum Gasteiger partial charge on any atom is -0.320 e. The highest BCUT2D eigenvalue weighted by atomic mass is 35.5. The highest BCUT2D eigenvalue weighted by Gasteiger charge is 2.12. The van der Waals surface area contributed by atoms with Crippen LogP contribution in [0.2, 0.25) is 5.02 Å². The molecule has 3 nitrogen and oxygen atoms in total. The van der Waals surface area contributed by atoms with Crippen LogP contribution in [0.3, 0.4) is 0 Å². The number of carbonyl (C=O) groups excluding carboxylic acids is 1. The molecule has 0 saturated heterocycles. The summed E-state index contributed by atoms with van der Waals surface area (Å²) >= 11 is 11.8. The van der Waals surface area contributed by atoms with Crippen molar-refractivity contribution in [3.05, 3.63) is 58.9 Å². The van der Waals surface area contributed by atoms with Gasteiger partial charge >= 0.3 is 0 Å². The van der Waals surface area contributed by atoms with E-state index in [1.54, 1.807) is 12.1 Å². The Morgan fingerprint density at radius 3 is 2.63 bits per heavy atom. The Bertz CT molecular complexity index is 582. The Morgan fingerprint density at radius 2 is 2.00 bits per heavy atom. The van der Waals surface area contributed by atoms with E-state index in [0.29, 0.717) is 16.4 Å². The molecule has 0 aliphatic carbocycles. The normalized spacial score (nSPS) is 11.9. The molecule has 1 aromatic heterocycles. The highest BCUT2D eigenvalue weighted by molar-refractivity contribution is 6.30. The lowest BCUT2D eigenvalue weighted by Gasteiger charge is -2.12. The number of rotatable bonds is 3. The number of anilines is 1. The molecule has 0 saturated carbocycles. The van der Waals surface area contributed by atoms with Gasteiger partial charge in [-0.1, -0.05) is 29.8 Å². The minimum absolute atomic E-state index is 0.185. The van der Waals surface area contributed by atoms with Gasteiger partial charge in [0.1, 0.15) is 5.69 Å². The quantitative estimate of drug-likeness (QED) is 0.858. The Morgan fingerprint density at radius 1 is 1.26 bits per heavy atom. The number of alkyl halides is 1. The van der Waals surface area contributed by atoms with Gasteiger partial charge in [-0.05, 0) is 30.7 Å². The number of para-hydroxylation sites is 1. The smallest absolute Gasteiger partial charge is 0.274 e. The van der Waals surface area contributed by atoms with Gasteiger partial charge in [0.25, 0.3) is 5.91 Å². The van der Waals surface area contributed by atoms with Crippen LogP contribution in [0.4, 0.5) is 5.69 Å². The molecule has 5 heteroatoms. The second-order valence-electron chi connectivity index (χ2n) is 4.02. The van der Waals surface area contributed by atoms with Crippen molar-refractivity contribution in [1.29, 1.82) is 0 Å². The topological polar surface area (TPSA) is 42.0 Å². The molecule has 19 heavy (non-hydrogen) atoms. The number of carbonyl (C=O) groups is 1. The summed E-state index contributed by atoms with van der Waals surface area (Å²) in [6.07, 6.45) is 1.44. The standard InChI is InChI=1S/C14H12Cl2N2O/c1-9(15)11-4-2-3-5-12(11)18-14(19)13-7-6-10(16)8-17-13/h2-9H,1H3,(H,18,19). The average Bonchev–Trinajstić information content (AvgIpc) is 2.39. The van der Waals surface area contributed by atoms with Crippen molar-refractivity contribution in [2.45, 2.75) is 12.3 Å². The molecule has 0 bridgehead atoms. The Labute approximate surface area is 121 Å². The molecule has 2 aromatic rings. The lowest BCUT2D eigenvalue weighted by Crippen LogP contribution is -2.14. The van der Waals surface area contributed by atoms with Crippen LogP contribution in [0.15, 0.2) is 42.6 Å². The lowest BCUT2D eigenvalue weighted by atomic mass is 10.1. The molecule has 0 aliphatic rings. The first-order valence-corrected chi connectivity index (χ1v) is 6.55. The molecule has 0 aliphatic heterocycles. The van der Waals surface area contributed by atoms with Crippen LogP contribution in [-0.2, 0) is 0 Å². The number of hydrogen-bond donors (Lipinski definition) is 1. The number of hydrogen-bond acceptors (Lipinski definition) is 2. The third-order valence-electron chi connectivity index (χ3n) is 2.60. The summed E-state index contributed by atoms with van der Waals surface area (Å²) in [5, 5.41) is 3.11. The van der Waals surface area contributed by atoms with Crippen LogP contribution < -0.4 is 5.32 Å². The number of nitrogens with one attached hydrogen (secondary N) is 1. The van der Waals surface area contributed by atoms with Crippen molar-refractivity contribution in [2.24, 2.45) is 0 Å². The molecule has 0 fully saturated rings. The molecule has 0 spiro atoms. The van der Waals surface area contributed by atoms with Crippen molar-refractivity contribution >= 4 is 34.8 Å². The van der Waals surface area contributed by atoms with Gasteiger partial charge < -0.3 is 5.32 Å². The highest BCUT2D eigenvalue weighted by Crippen LogP contribution is 2.27. The van der Waals surface area contributed by atoms with Crippen LogP contribution in [0.25, 0.3) is 0 Å². The fourth-order valence-corrected chi connectivity index (χ4v) is 1.96. The summed E-state index contributed by atoms with van der Waals surface area (Å²) in [4.78, 5) is 16.0. The third kappa shape index (κ3) is 3.46. The predicted octanol–water partition coefficient (Wildman–Crippen LogP) is 4.29. The SMILES string of the molecule is CC(Cl)c1ccccc1NC(=O)c1ccc(Cl)cn1. The molecule has 0 radical (unpaired) electrons. The van der Waals surface area contributed by atoms with Gasteiger partial charge in [0.2, 0.25) is 0 Å². The summed E-state index contributed by atoms with van der Waals surface area (Å²) < 4.78 is 0. The van der Waals surface area contributed by atoms with Crippen LogP contribution in [0, 0.1) is 0 Å². The number of aromatic nitrogens is 1. The Balaban J connectivity index is 2.22. The summed E-state index contributed by atoms with van der Waals surface area (Å²) in [6.45, 7) is 1.85. The number of halogens is 2. The molecular weight excluding hydrogens is 283 g/mol. The zero-order valence-electron chi connectivity index (χ0n) is 10.2. The van der Waals surface area contributed by atoms with Gasteiger partial charge in [0.15, 0.2) is 0 Å². The molecule has 98 valence electrons. The van der Waals surface area contributed by atoms with E-state index >= 15 is 0 Å². The minimum atomic E-state index is -0.290. The number of nitrogens with zero attached hydrogens (tertiary/aromatic N) is 1. The van der Waals surface area contributed by atoms with E-state index in [1.165, 1.54) is 6.20 Å². The molecule has 2 rings (SSSR count). The zero-order chi connectivity index (χ0) is 13.8. The van der Waals surface area contributed by atoms with E-state index in [-0.39, 0.29) is 11.3 Å². The molecule has 1 atom stereocenters. The van der Waals surface area contributed by atoms with E-state index in [1.807, 2.05) is 31.2 Å². The molecule has 1 aromatic carbocycles. The molecule has 1 unspecified atom stereocenters. The van der Waals surface area contributed by atoms with Gasteiger partial charge in [0, 0.05) is 11.9 Å². The van der Waals surface area contributed by atoms with E-state index in [4.69, 9.17) is 23.2 Å². The second kappa shape index (κ2) is 6.04. The molecule has 1 N–H and O–H groups in total. The fraction of sp³-hybridized carbons (Fsp3) is 0.143. The largest absolute Gasteiger partial charge is 0.320 e. The Hall–Kier alpha value is -1.58. The summed E-state index contributed by atoms with van der Waals surface area (Å²) in [5.41, 5.74) is 1.86. The first kappa shape index (κ1) is 13.8. The van der Waals surface area contributed by atoms with Crippen molar-refractivity contribution in [3.63, 3.8) is 0 Å². The maximum absolute atomic E-state index is 12.0. The molecule has 1 heterocycles. The van der Waals surface area contributed by atoms with Gasteiger partial charge in [-0.25, -0.2) is 4.98 Å². The van der Waals surface area contributed by atoms with Crippen molar-refractivity contribution in [1.82, 2.24) is 4.98 Å². The van der Waals surface area contributed by atoms with E-state index in [0.717, 1.165) is 5.56 Å². The Kier molecular flexibility index (Phi) is 4.40. The maximum atomic E-state index is 12.0. The van der Waals surface area contributed by atoms with E-state index < -0.39 is 0 Å². The third-order valence-corrected chi connectivity index (χ3v) is 3.06. The maximum Gasteiger partial charge on any atom is 0.274 e. The van der Waals surface area contributed by atoms with E-state index in [2.05, 4.69) is 10.3 Å². The predicted molar refractivity (Wildman–Crippen MR) is 77.9 cm³/mol. The summed E-state index contributed by atoms with van der Waals surface area (Å²) in [5.74, 6) is -0.290. The zero-order valence-corrected chi connectivity index (χ0v) is 11.7. The average molecular weight is 295 g/mol.